The summed E-state index contributed by atoms with van der Waals surface area (Å²) in [4.78, 5) is 27.5. The summed E-state index contributed by atoms with van der Waals surface area (Å²) in [6.07, 6.45) is 9.55. The summed E-state index contributed by atoms with van der Waals surface area (Å²) < 4.78 is 10.8. The molecule has 0 spiro atoms. The highest BCUT2D eigenvalue weighted by atomic mass is 16.7. The molecule has 1 atom stereocenters. The standard InChI is InChI=1S/C23H22N2O4/c1-2-21(26)25(18-12-13-19-20(14-18)29-15-28-19)22(16-8-4-3-5-9-16)23(27)24-17-10-6-7-11-17/h1,3-5,8-9,12-14,17,22H,6-7,10-11,15H2,(H,24,27). The first kappa shape index (κ1) is 18.9. The third kappa shape index (κ3) is 3.90. The van der Waals surface area contributed by atoms with Crippen molar-refractivity contribution in [3.63, 3.8) is 0 Å². The van der Waals surface area contributed by atoms with E-state index in [-0.39, 0.29) is 18.7 Å². The van der Waals surface area contributed by atoms with Crippen LogP contribution < -0.4 is 19.7 Å². The molecule has 1 aliphatic carbocycles. The highest BCUT2D eigenvalue weighted by Crippen LogP contribution is 2.38. The summed E-state index contributed by atoms with van der Waals surface area (Å²) in [5, 5.41) is 3.10. The van der Waals surface area contributed by atoms with Gasteiger partial charge in [-0.25, -0.2) is 0 Å². The molecule has 4 rings (SSSR count). The van der Waals surface area contributed by atoms with Crippen LogP contribution in [0.2, 0.25) is 0 Å². The molecule has 0 saturated heterocycles. The molecule has 1 N–H and O–H groups in total. The summed E-state index contributed by atoms with van der Waals surface area (Å²) in [6.45, 7) is 0.117. The van der Waals surface area contributed by atoms with Gasteiger partial charge in [-0.15, -0.1) is 6.42 Å². The van der Waals surface area contributed by atoms with Crippen LogP contribution in [-0.4, -0.2) is 24.6 Å². The fourth-order valence-electron chi connectivity index (χ4n) is 3.89. The Morgan fingerprint density at radius 2 is 1.79 bits per heavy atom. The number of hydrogen-bond acceptors (Lipinski definition) is 4. The van der Waals surface area contributed by atoms with Crippen molar-refractivity contribution in [1.29, 1.82) is 0 Å². The molecule has 1 heterocycles. The van der Waals surface area contributed by atoms with Crippen LogP contribution in [0.15, 0.2) is 48.5 Å². The Kier molecular flexibility index (Phi) is 5.39. The zero-order valence-corrected chi connectivity index (χ0v) is 16.0. The van der Waals surface area contributed by atoms with Gasteiger partial charge < -0.3 is 14.8 Å². The van der Waals surface area contributed by atoms with Crippen molar-refractivity contribution < 1.29 is 19.1 Å². The normalized spacial score (nSPS) is 16.1. The van der Waals surface area contributed by atoms with Crippen molar-refractivity contribution in [2.75, 3.05) is 11.7 Å². The van der Waals surface area contributed by atoms with Crippen LogP contribution in [0.3, 0.4) is 0 Å². The number of hydrogen-bond donors (Lipinski definition) is 1. The van der Waals surface area contributed by atoms with Crippen molar-refractivity contribution in [3.8, 4) is 23.8 Å². The van der Waals surface area contributed by atoms with Crippen LogP contribution in [0.5, 0.6) is 11.5 Å². The number of benzene rings is 2. The van der Waals surface area contributed by atoms with Crippen molar-refractivity contribution in [3.05, 3.63) is 54.1 Å². The van der Waals surface area contributed by atoms with E-state index in [0.29, 0.717) is 22.7 Å². The molecular formula is C23H22N2O4. The molecule has 0 radical (unpaired) electrons. The zero-order chi connectivity index (χ0) is 20.2. The molecule has 2 aliphatic rings. The van der Waals surface area contributed by atoms with E-state index in [9.17, 15) is 9.59 Å². The Hall–Kier alpha value is -3.46. The predicted molar refractivity (Wildman–Crippen MR) is 108 cm³/mol. The average Bonchev–Trinajstić information content (AvgIpc) is 3.43. The van der Waals surface area contributed by atoms with Crippen LogP contribution in [-0.2, 0) is 9.59 Å². The summed E-state index contributed by atoms with van der Waals surface area (Å²) >= 11 is 0. The van der Waals surface area contributed by atoms with Gasteiger partial charge in [0, 0.05) is 17.8 Å². The maximum absolute atomic E-state index is 13.3. The minimum Gasteiger partial charge on any atom is -0.454 e. The molecule has 29 heavy (non-hydrogen) atoms. The van der Waals surface area contributed by atoms with E-state index in [1.807, 2.05) is 30.3 Å². The second-order valence-electron chi connectivity index (χ2n) is 7.16. The minimum atomic E-state index is -0.888. The lowest BCUT2D eigenvalue weighted by Crippen LogP contribution is -2.46. The van der Waals surface area contributed by atoms with Crippen molar-refractivity contribution >= 4 is 17.5 Å². The molecule has 1 saturated carbocycles. The van der Waals surface area contributed by atoms with Crippen LogP contribution in [0, 0.1) is 12.3 Å². The van der Waals surface area contributed by atoms with E-state index in [4.69, 9.17) is 15.9 Å². The predicted octanol–water partition coefficient (Wildman–Crippen LogP) is 3.18. The van der Waals surface area contributed by atoms with Crippen LogP contribution in [0.25, 0.3) is 0 Å². The number of terminal acetylenes is 1. The van der Waals surface area contributed by atoms with Gasteiger partial charge in [-0.05, 0) is 36.5 Å². The minimum absolute atomic E-state index is 0.117. The van der Waals surface area contributed by atoms with Gasteiger partial charge in [-0.2, -0.15) is 0 Å². The first-order chi connectivity index (χ1) is 14.2. The SMILES string of the molecule is C#CC(=O)N(c1ccc2c(c1)OCO2)C(C(=O)NC1CCCC1)c1ccccc1. The van der Waals surface area contributed by atoms with Crippen molar-refractivity contribution in [1.82, 2.24) is 5.32 Å². The molecule has 1 fully saturated rings. The molecule has 6 heteroatoms. The number of ether oxygens (including phenoxy) is 2. The lowest BCUT2D eigenvalue weighted by Gasteiger charge is -2.31. The molecule has 2 aromatic carbocycles. The zero-order valence-electron chi connectivity index (χ0n) is 16.0. The first-order valence-corrected chi connectivity index (χ1v) is 9.72. The molecule has 0 bridgehead atoms. The number of carbonyl (C=O) groups excluding carboxylic acids is 2. The fourth-order valence-corrected chi connectivity index (χ4v) is 3.89. The summed E-state index contributed by atoms with van der Waals surface area (Å²) in [7, 11) is 0. The third-order valence-corrected chi connectivity index (χ3v) is 5.30. The Bertz CT molecular complexity index is 945. The van der Waals surface area contributed by atoms with Gasteiger partial charge >= 0.3 is 5.91 Å². The Morgan fingerprint density at radius 1 is 1.07 bits per heavy atom. The average molecular weight is 390 g/mol. The lowest BCUT2D eigenvalue weighted by molar-refractivity contribution is -0.125. The van der Waals surface area contributed by atoms with Gasteiger partial charge in [0.15, 0.2) is 11.5 Å². The number of anilines is 1. The number of fused-ring (bicyclic) bond motifs is 1. The lowest BCUT2D eigenvalue weighted by atomic mass is 10.0. The number of carbonyl (C=O) groups is 2. The van der Waals surface area contributed by atoms with Crippen molar-refractivity contribution in [2.45, 2.75) is 37.8 Å². The highest BCUT2D eigenvalue weighted by molar-refractivity contribution is 6.09. The maximum atomic E-state index is 13.3. The Labute approximate surface area is 169 Å². The number of amides is 2. The monoisotopic (exact) mass is 390 g/mol. The summed E-state index contributed by atoms with van der Waals surface area (Å²) in [6, 6.07) is 13.5. The van der Waals surface area contributed by atoms with Crippen molar-refractivity contribution in [2.24, 2.45) is 0 Å². The fraction of sp³-hybridized carbons (Fsp3) is 0.304. The summed E-state index contributed by atoms with van der Waals surface area (Å²) in [5.41, 5.74) is 1.16. The first-order valence-electron chi connectivity index (χ1n) is 9.72. The van der Waals surface area contributed by atoms with Crippen LogP contribution in [0.4, 0.5) is 5.69 Å². The molecular weight excluding hydrogens is 368 g/mol. The largest absolute Gasteiger partial charge is 0.454 e. The second kappa shape index (κ2) is 8.27. The van der Waals surface area contributed by atoms with Gasteiger partial charge in [0.25, 0.3) is 0 Å². The Balaban J connectivity index is 1.75. The molecule has 1 aliphatic heterocycles. The smallest absolute Gasteiger partial charge is 0.303 e. The van der Waals surface area contributed by atoms with Gasteiger partial charge in [0.05, 0.1) is 0 Å². The molecule has 0 aromatic heterocycles. The van der Waals surface area contributed by atoms with E-state index in [2.05, 4.69) is 11.2 Å². The quantitative estimate of drug-likeness (QED) is 0.797. The number of nitrogens with one attached hydrogen (secondary N) is 1. The van der Waals surface area contributed by atoms with Gasteiger partial charge in [-0.3, -0.25) is 14.5 Å². The Morgan fingerprint density at radius 3 is 2.52 bits per heavy atom. The van der Waals surface area contributed by atoms with E-state index in [0.717, 1.165) is 25.7 Å². The number of rotatable bonds is 5. The molecule has 1 unspecified atom stereocenters. The molecule has 148 valence electrons. The van der Waals surface area contributed by atoms with E-state index < -0.39 is 11.9 Å². The molecule has 2 aromatic rings. The third-order valence-electron chi connectivity index (χ3n) is 5.30. The second-order valence-corrected chi connectivity index (χ2v) is 7.16. The maximum Gasteiger partial charge on any atom is 0.303 e. The highest BCUT2D eigenvalue weighted by Gasteiger charge is 2.34. The van der Waals surface area contributed by atoms with E-state index in [1.165, 1.54) is 4.90 Å². The molecule has 6 nitrogen and oxygen atoms in total. The van der Waals surface area contributed by atoms with E-state index in [1.54, 1.807) is 18.2 Å². The van der Waals surface area contributed by atoms with Crippen LogP contribution in [0.1, 0.15) is 37.3 Å². The summed E-state index contributed by atoms with van der Waals surface area (Å²) in [5.74, 6) is 2.43. The van der Waals surface area contributed by atoms with Crippen LogP contribution >= 0.6 is 0 Å². The number of nitrogens with zero attached hydrogens (tertiary/aromatic N) is 1. The van der Waals surface area contributed by atoms with E-state index >= 15 is 0 Å². The van der Waals surface area contributed by atoms with Gasteiger partial charge in [0.1, 0.15) is 6.04 Å². The topological polar surface area (TPSA) is 67.9 Å². The van der Waals surface area contributed by atoms with Gasteiger partial charge in [-0.1, -0.05) is 43.2 Å². The van der Waals surface area contributed by atoms with Gasteiger partial charge in [0.2, 0.25) is 12.7 Å². The molecule has 2 amide bonds.